The first-order valence-corrected chi connectivity index (χ1v) is 10.3. The van der Waals surface area contributed by atoms with Gasteiger partial charge in [0.25, 0.3) is 0 Å². The molecule has 3 N–H and O–H groups in total. The molecule has 0 radical (unpaired) electrons. The lowest BCUT2D eigenvalue weighted by molar-refractivity contribution is -0.143. The molecule has 3 aromatic heterocycles. The van der Waals surface area contributed by atoms with Crippen LogP contribution in [0.2, 0.25) is 0 Å². The van der Waals surface area contributed by atoms with Crippen molar-refractivity contribution in [3.8, 4) is 5.82 Å². The van der Waals surface area contributed by atoms with Crippen molar-refractivity contribution in [2.75, 3.05) is 11.1 Å². The minimum atomic E-state index is -4.81. The third-order valence-electron chi connectivity index (χ3n) is 5.39. The number of aromatic nitrogens is 4. The van der Waals surface area contributed by atoms with E-state index in [1.54, 1.807) is 19.1 Å². The molecule has 4 aromatic rings. The Balaban J connectivity index is 1.64. The zero-order valence-corrected chi connectivity index (χ0v) is 18.4. The minimum Gasteiger partial charge on any atom is -0.383 e. The number of pyridine rings is 2. The van der Waals surface area contributed by atoms with Gasteiger partial charge in [0.2, 0.25) is 0 Å². The molecule has 6 nitrogen and oxygen atoms in total. The fraction of sp³-hybridized carbons (Fsp3) is 0.125. The van der Waals surface area contributed by atoms with Crippen LogP contribution >= 0.6 is 0 Å². The second-order valence-electron chi connectivity index (χ2n) is 7.68. The number of nitrogens with two attached hydrogens (primary N) is 1. The second kappa shape index (κ2) is 9.16. The van der Waals surface area contributed by atoms with Crippen LogP contribution in [0.1, 0.15) is 27.9 Å². The Kier molecular flexibility index (Phi) is 6.25. The number of hydrogen-bond acceptors (Lipinski definition) is 5. The van der Waals surface area contributed by atoms with Gasteiger partial charge in [-0.25, -0.2) is 23.4 Å². The minimum absolute atomic E-state index is 0.0487. The molecule has 0 bridgehead atoms. The van der Waals surface area contributed by atoms with Crippen LogP contribution in [0.25, 0.3) is 11.5 Å². The van der Waals surface area contributed by atoms with Crippen molar-refractivity contribution < 1.29 is 22.0 Å². The molecule has 0 aliphatic carbocycles. The highest BCUT2D eigenvalue weighted by Gasteiger charge is 2.39. The molecule has 0 amide bonds. The van der Waals surface area contributed by atoms with E-state index in [1.807, 2.05) is 0 Å². The zero-order valence-electron chi connectivity index (χ0n) is 18.4. The molecular weight excluding hydrogens is 467 g/mol. The maximum atomic E-state index is 14.8. The van der Waals surface area contributed by atoms with Crippen molar-refractivity contribution >= 4 is 17.2 Å². The van der Waals surface area contributed by atoms with Gasteiger partial charge in [-0.05, 0) is 48.4 Å². The van der Waals surface area contributed by atoms with E-state index >= 15 is 0 Å². The average molecular weight is 486 g/mol. The average Bonchev–Trinajstić information content (AvgIpc) is 3.26. The topological polar surface area (TPSA) is 81.6 Å². The van der Waals surface area contributed by atoms with Crippen molar-refractivity contribution in [2.24, 2.45) is 0 Å². The van der Waals surface area contributed by atoms with Gasteiger partial charge in [0.1, 0.15) is 17.5 Å². The quantitative estimate of drug-likeness (QED) is 0.351. The van der Waals surface area contributed by atoms with Crippen molar-refractivity contribution in [2.45, 2.75) is 19.5 Å². The van der Waals surface area contributed by atoms with Gasteiger partial charge < -0.3 is 11.1 Å². The van der Waals surface area contributed by atoms with Crippen LogP contribution in [0.5, 0.6) is 0 Å². The molecule has 0 atom stereocenters. The van der Waals surface area contributed by atoms with E-state index in [1.165, 1.54) is 24.5 Å². The summed E-state index contributed by atoms with van der Waals surface area (Å²) in [5.41, 5.74) is 4.86. The first-order valence-electron chi connectivity index (χ1n) is 10.3. The van der Waals surface area contributed by atoms with E-state index in [0.29, 0.717) is 15.8 Å². The van der Waals surface area contributed by atoms with Crippen molar-refractivity contribution in [1.29, 1.82) is 0 Å². The highest BCUT2D eigenvalue weighted by molar-refractivity contribution is 5.76. The highest BCUT2D eigenvalue weighted by Crippen LogP contribution is 2.36. The van der Waals surface area contributed by atoms with E-state index < -0.39 is 29.1 Å². The highest BCUT2D eigenvalue weighted by atomic mass is 19.4. The molecule has 4 rings (SSSR count). The van der Waals surface area contributed by atoms with Crippen LogP contribution in [0.4, 0.5) is 33.5 Å². The predicted molar refractivity (Wildman–Crippen MR) is 122 cm³/mol. The summed E-state index contributed by atoms with van der Waals surface area (Å²) < 4.78 is 71.9. The molecule has 0 aliphatic heterocycles. The number of nitrogens with zero attached hydrogens (tertiary/aromatic N) is 4. The van der Waals surface area contributed by atoms with Gasteiger partial charge in [-0.15, -0.1) is 0 Å². The molecule has 0 aliphatic rings. The first kappa shape index (κ1) is 23.9. The summed E-state index contributed by atoms with van der Waals surface area (Å²) >= 11 is 0. The monoisotopic (exact) mass is 486 g/mol. The van der Waals surface area contributed by atoms with E-state index in [0.717, 1.165) is 18.3 Å². The van der Waals surface area contributed by atoms with Crippen molar-refractivity contribution in [3.05, 3.63) is 101 Å². The summed E-state index contributed by atoms with van der Waals surface area (Å²) in [6.07, 6.45) is -1.15. The van der Waals surface area contributed by atoms with Gasteiger partial charge in [0.15, 0.2) is 11.5 Å². The van der Waals surface area contributed by atoms with Gasteiger partial charge in [-0.1, -0.05) is 12.6 Å². The Hall–Kier alpha value is -4.28. The van der Waals surface area contributed by atoms with Gasteiger partial charge in [-0.2, -0.15) is 18.3 Å². The van der Waals surface area contributed by atoms with Crippen LogP contribution < -0.4 is 11.1 Å². The number of nitrogens with one attached hydrogen (secondary N) is 1. The molecule has 35 heavy (non-hydrogen) atoms. The van der Waals surface area contributed by atoms with Crippen LogP contribution in [0.3, 0.4) is 0 Å². The number of rotatable bonds is 6. The molecule has 0 fully saturated rings. The van der Waals surface area contributed by atoms with E-state index in [-0.39, 0.29) is 35.0 Å². The maximum absolute atomic E-state index is 14.8. The lowest BCUT2D eigenvalue weighted by Crippen LogP contribution is -2.17. The van der Waals surface area contributed by atoms with Crippen LogP contribution in [-0.4, -0.2) is 19.7 Å². The fourth-order valence-corrected chi connectivity index (χ4v) is 3.56. The Morgan fingerprint density at radius 2 is 1.80 bits per heavy atom. The Labute approximate surface area is 197 Å². The van der Waals surface area contributed by atoms with Crippen LogP contribution in [-0.2, 0) is 12.6 Å². The molecule has 1 aromatic carbocycles. The molecule has 3 heterocycles. The number of alkyl halides is 3. The van der Waals surface area contributed by atoms with Crippen LogP contribution in [0, 0.1) is 18.6 Å². The van der Waals surface area contributed by atoms with Crippen molar-refractivity contribution in [1.82, 2.24) is 19.7 Å². The number of halogens is 5. The van der Waals surface area contributed by atoms with Gasteiger partial charge in [0.05, 0.1) is 6.20 Å². The van der Waals surface area contributed by atoms with E-state index in [4.69, 9.17) is 5.73 Å². The Morgan fingerprint density at radius 1 is 1.09 bits per heavy atom. The van der Waals surface area contributed by atoms with Gasteiger partial charge in [-0.3, -0.25) is 0 Å². The Bertz CT molecular complexity index is 1370. The molecule has 0 spiro atoms. The van der Waals surface area contributed by atoms with E-state index in [9.17, 15) is 22.0 Å². The smallest absolute Gasteiger partial charge is 0.383 e. The molecular formula is C24H19F5N6. The third-order valence-corrected chi connectivity index (χ3v) is 5.39. The molecule has 0 saturated heterocycles. The largest absolute Gasteiger partial charge is 0.434 e. The molecule has 180 valence electrons. The summed E-state index contributed by atoms with van der Waals surface area (Å²) in [6.45, 7) is 5.31. The first-order chi connectivity index (χ1) is 16.6. The Morgan fingerprint density at radius 3 is 2.43 bits per heavy atom. The standard InChI is InChI=1S/C24H19F5N6/c1-13-15(6-8-32-23(13)30)9-17-19(25)10-16(11-20(17)26)34-14(2)18-12-33-35(22(18)24(27,28)29)21-5-3-4-7-31-21/h3-8,10-12,34H,2,9H2,1H3,(H2,30,32). The summed E-state index contributed by atoms with van der Waals surface area (Å²) in [7, 11) is 0. The summed E-state index contributed by atoms with van der Waals surface area (Å²) in [5.74, 6) is -1.55. The number of anilines is 2. The van der Waals surface area contributed by atoms with Crippen molar-refractivity contribution in [3.63, 3.8) is 0 Å². The van der Waals surface area contributed by atoms with Gasteiger partial charge in [0, 0.05) is 41.3 Å². The molecule has 0 unspecified atom stereocenters. The summed E-state index contributed by atoms with van der Waals surface area (Å²) in [4.78, 5) is 7.82. The zero-order chi connectivity index (χ0) is 25.3. The summed E-state index contributed by atoms with van der Waals surface area (Å²) in [5, 5.41) is 6.35. The molecule has 0 saturated carbocycles. The second-order valence-corrected chi connectivity index (χ2v) is 7.68. The van der Waals surface area contributed by atoms with Crippen LogP contribution in [0.15, 0.2) is 61.6 Å². The van der Waals surface area contributed by atoms with E-state index in [2.05, 4.69) is 27.0 Å². The number of hydrogen-bond donors (Lipinski definition) is 2. The predicted octanol–water partition coefficient (Wildman–Crippen LogP) is 5.52. The molecule has 11 heteroatoms. The SMILES string of the molecule is C=C(Nc1cc(F)c(Cc2ccnc(N)c2C)c(F)c1)c1cnn(-c2ccccn2)c1C(F)(F)F. The van der Waals surface area contributed by atoms with Gasteiger partial charge >= 0.3 is 6.18 Å². The lowest BCUT2D eigenvalue weighted by Gasteiger charge is -2.15. The third kappa shape index (κ3) is 4.84. The maximum Gasteiger partial charge on any atom is 0.434 e. The summed E-state index contributed by atoms with van der Waals surface area (Å²) in [6, 6.07) is 8.02. The number of benzene rings is 1. The lowest BCUT2D eigenvalue weighted by atomic mass is 10.0. The normalized spacial score (nSPS) is 11.5. The fourth-order valence-electron chi connectivity index (χ4n) is 3.56. The number of nitrogen functional groups attached to an aromatic ring is 1.